The highest BCUT2D eigenvalue weighted by Gasteiger charge is 2.11. The molecule has 25 heavy (non-hydrogen) atoms. The molecule has 1 aromatic carbocycles. The molecule has 1 heterocycles. The van der Waals surface area contributed by atoms with E-state index in [9.17, 15) is 8.78 Å². The standard InChI is InChI=1S/C17H21F2N3O3/c1-3-20-17(22-11-14-5-4-8-24-14)21-10-12-9-13(23-2)6-7-15(12)25-16(18)19/h4-9,16H,3,10-11H2,1-2H3,(H2,20,21,22). The summed E-state index contributed by atoms with van der Waals surface area (Å²) in [5, 5.41) is 6.19. The molecule has 0 aliphatic rings. The molecule has 0 saturated carbocycles. The second-order valence-corrected chi connectivity index (χ2v) is 4.98. The molecular formula is C17H21F2N3O3. The number of alkyl halides is 2. The van der Waals surface area contributed by atoms with Crippen molar-refractivity contribution in [1.82, 2.24) is 10.6 Å². The maximum atomic E-state index is 12.6. The first-order chi connectivity index (χ1) is 12.1. The van der Waals surface area contributed by atoms with Crippen LogP contribution in [-0.2, 0) is 13.1 Å². The highest BCUT2D eigenvalue weighted by Crippen LogP contribution is 2.26. The maximum Gasteiger partial charge on any atom is 0.387 e. The van der Waals surface area contributed by atoms with Crippen LogP contribution in [0.25, 0.3) is 0 Å². The Kier molecular flexibility index (Phi) is 7.06. The van der Waals surface area contributed by atoms with Crippen LogP contribution in [0.1, 0.15) is 18.2 Å². The molecular weight excluding hydrogens is 332 g/mol. The van der Waals surface area contributed by atoms with Gasteiger partial charge in [0.2, 0.25) is 0 Å². The summed E-state index contributed by atoms with van der Waals surface area (Å²) in [6.07, 6.45) is 1.59. The number of furan rings is 1. The number of aliphatic imine (C=N–C) groups is 1. The van der Waals surface area contributed by atoms with Crippen molar-refractivity contribution in [2.45, 2.75) is 26.6 Å². The normalized spacial score (nSPS) is 11.5. The van der Waals surface area contributed by atoms with Crippen LogP contribution >= 0.6 is 0 Å². The van der Waals surface area contributed by atoms with Crippen molar-refractivity contribution < 1.29 is 22.7 Å². The quantitative estimate of drug-likeness (QED) is 0.564. The molecule has 0 unspecified atom stereocenters. The van der Waals surface area contributed by atoms with E-state index in [0.29, 0.717) is 30.4 Å². The molecule has 0 fully saturated rings. The Morgan fingerprint density at radius 2 is 2.12 bits per heavy atom. The molecule has 2 N–H and O–H groups in total. The van der Waals surface area contributed by atoms with Crippen LogP contribution in [0, 0.1) is 0 Å². The number of halogens is 2. The van der Waals surface area contributed by atoms with Crippen LogP contribution in [0.5, 0.6) is 11.5 Å². The van der Waals surface area contributed by atoms with Gasteiger partial charge in [0.1, 0.15) is 17.3 Å². The van der Waals surface area contributed by atoms with E-state index in [2.05, 4.69) is 20.4 Å². The molecule has 2 aromatic rings. The third-order valence-corrected chi connectivity index (χ3v) is 3.25. The lowest BCUT2D eigenvalue weighted by Gasteiger charge is -2.13. The first-order valence-electron chi connectivity index (χ1n) is 7.78. The summed E-state index contributed by atoms with van der Waals surface area (Å²) in [5.41, 5.74) is 0.495. The van der Waals surface area contributed by atoms with Gasteiger partial charge in [0.15, 0.2) is 5.96 Å². The van der Waals surface area contributed by atoms with Gasteiger partial charge in [0.05, 0.1) is 26.5 Å². The lowest BCUT2D eigenvalue weighted by molar-refractivity contribution is -0.0504. The molecule has 0 spiro atoms. The molecule has 0 aliphatic heterocycles. The minimum absolute atomic E-state index is 0.0708. The van der Waals surface area contributed by atoms with E-state index in [-0.39, 0.29) is 12.3 Å². The lowest BCUT2D eigenvalue weighted by atomic mass is 10.2. The predicted octanol–water partition coefficient (Wildman–Crippen LogP) is 3.14. The Bertz CT molecular complexity index is 676. The van der Waals surface area contributed by atoms with Crippen molar-refractivity contribution in [2.75, 3.05) is 13.7 Å². The summed E-state index contributed by atoms with van der Waals surface area (Å²) in [5.74, 6) is 1.90. The Hall–Kier alpha value is -2.77. The first kappa shape index (κ1) is 18.6. The van der Waals surface area contributed by atoms with Gasteiger partial charge in [-0.3, -0.25) is 0 Å². The van der Waals surface area contributed by atoms with E-state index < -0.39 is 6.61 Å². The van der Waals surface area contributed by atoms with Crippen LogP contribution < -0.4 is 20.1 Å². The zero-order valence-electron chi connectivity index (χ0n) is 14.1. The smallest absolute Gasteiger partial charge is 0.387 e. The molecule has 2 rings (SSSR count). The van der Waals surface area contributed by atoms with E-state index in [4.69, 9.17) is 9.15 Å². The summed E-state index contributed by atoms with van der Waals surface area (Å²) >= 11 is 0. The van der Waals surface area contributed by atoms with Gasteiger partial charge in [0.25, 0.3) is 0 Å². The summed E-state index contributed by atoms with van der Waals surface area (Å²) in [6.45, 7) is 0.287. The summed E-state index contributed by atoms with van der Waals surface area (Å²) in [7, 11) is 1.50. The number of hydrogen-bond acceptors (Lipinski definition) is 4. The molecule has 1 aromatic heterocycles. The molecule has 0 radical (unpaired) electrons. The van der Waals surface area contributed by atoms with Crippen molar-refractivity contribution in [3.63, 3.8) is 0 Å². The largest absolute Gasteiger partial charge is 0.497 e. The third-order valence-electron chi connectivity index (χ3n) is 3.25. The van der Waals surface area contributed by atoms with Crippen molar-refractivity contribution in [3.05, 3.63) is 47.9 Å². The topological polar surface area (TPSA) is 68.0 Å². The minimum Gasteiger partial charge on any atom is -0.497 e. The van der Waals surface area contributed by atoms with Crippen molar-refractivity contribution in [3.8, 4) is 11.5 Å². The van der Waals surface area contributed by atoms with Crippen LogP contribution in [0.15, 0.2) is 46.0 Å². The molecule has 0 amide bonds. The van der Waals surface area contributed by atoms with Crippen LogP contribution in [0.2, 0.25) is 0 Å². The van der Waals surface area contributed by atoms with E-state index >= 15 is 0 Å². The van der Waals surface area contributed by atoms with Gasteiger partial charge in [0, 0.05) is 12.1 Å². The Labute approximate surface area is 144 Å². The van der Waals surface area contributed by atoms with Gasteiger partial charge in [-0.15, -0.1) is 0 Å². The fourth-order valence-corrected chi connectivity index (χ4v) is 2.11. The number of nitrogens with one attached hydrogen (secondary N) is 2. The molecule has 0 atom stereocenters. The average molecular weight is 353 g/mol. The summed E-state index contributed by atoms with van der Waals surface area (Å²) in [4.78, 5) is 4.40. The highest BCUT2D eigenvalue weighted by molar-refractivity contribution is 5.79. The van der Waals surface area contributed by atoms with Crippen LogP contribution in [0.4, 0.5) is 8.78 Å². The van der Waals surface area contributed by atoms with Gasteiger partial charge in [-0.1, -0.05) is 0 Å². The van der Waals surface area contributed by atoms with E-state index in [1.165, 1.54) is 13.2 Å². The second kappa shape index (κ2) is 9.51. The Morgan fingerprint density at radius 3 is 2.76 bits per heavy atom. The van der Waals surface area contributed by atoms with Gasteiger partial charge in [-0.05, 0) is 37.3 Å². The van der Waals surface area contributed by atoms with Gasteiger partial charge >= 0.3 is 6.61 Å². The molecule has 136 valence electrons. The third kappa shape index (κ3) is 5.98. The molecule has 0 aliphatic carbocycles. The number of benzene rings is 1. The van der Waals surface area contributed by atoms with E-state index in [1.54, 1.807) is 24.5 Å². The van der Waals surface area contributed by atoms with E-state index in [1.807, 2.05) is 13.0 Å². The number of methoxy groups -OCH3 is 1. The average Bonchev–Trinajstić information content (AvgIpc) is 3.11. The lowest BCUT2D eigenvalue weighted by Crippen LogP contribution is -2.36. The number of hydrogen-bond donors (Lipinski definition) is 2. The summed E-state index contributed by atoms with van der Waals surface area (Å²) < 4.78 is 40.0. The number of guanidine groups is 1. The Morgan fingerprint density at radius 1 is 1.28 bits per heavy atom. The number of rotatable bonds is 8. The highest BCUT2D eigenvalue weighted by atomic mass is 19.3. The SMILES string of the molecule is CCNC(=NCc1cc(OC)ccc1OC(F)F)NCc1ccco1. The first-order valence-corrected chi connectivity index (χ1v) is 7.78. The predicted molar refractivity (Wildman–Crippen MR) is 90.0 cm³/mol. The maximum absolute atomic E-state index is 12.6. The number of nitrogens with zero attached hydrogens (tertiary/aromatic N) is 1. The van der Waals surface area contributed by atoms with Crippen molar-refractivity contribution in [2.24, 2.45) is 4.99 Å². The Balaban J connectivity index is 2.11. The van der Waals surface area contributed by atoms with E-state index in [0.717, 1.165) is 5.76 Å². The summed E-state index contributed by atoms with van der Waals surface area (Å²) in [6, 6.07) is 8.26. The zero-order valence-corrected chi connectivity index (χ0v) is 14.1. The molecule has 8 heteroatoms. The number of ether oxygens (including phenoxy) is 2. The zero-order chi connectivity index (χ0) is 18.1. The van der Waals surface area contributed by atoms with Gasteiger partial charge in [-0.25, -0.2) is 4.99 Å². The van der Waals surface area contributed by atoms with Crippen molar-refractivity contribution >= 4 is 5.96 Å². The molecule has 0 saturated heterocycles. The van der Waals surface area contributed by atoms with Gasteiger partial charge < -0.3 is 24.5 Å². The van der Waals surface area contributed by atoms with Gasteiger partial charge in [-0.2, -0.15) is 8.78 Å². The second-order valence-electron chi connectivity index (χ2n) is 4.98. The van der Waals surface area contributed by atoms with Crippen LogP contribution in [0.3, 0.4) is 0 Å². The minimum atomic E-state index is -2.90. The van der Waals surface area contributed by atoms with Crippen LogP contribution in [-0.4, -0.2) is 26.2 Å². The molecule has 6 nitrogen and oxygen atoms in total. The fourth-order valence-electron chi connectivity index (χ4n) is 2.11. The molecule has 0 bridgehead atoms. The monoisotopic (exact) mass is 353 g/mol. The fraction of sp³-hybridized carbons (Fsp3) is 0.353. The van der Waals surface area contributed by atoms with Crippen molar-refractivity contribution in [1.29, 1.82) is 0 Å².